The van der Waals surface area contributed by atoms with Gasteiger partial charge in [0.05, 0.1) is 10.2 Å². The molecule has 70 valence electrons. The lowest BCUT2D eigenvalue weighted by Gasteiger charge is -2.06. The van der Waals surface area contributed by atoms with Crippen LogP contribution >= 0.6 is 27.5 Å². The summed E-state index contributed by atoms with van der Waals surface area (Å²) in [5.74, 6) is -0.374. The maximum Gasteiger partial charge on any atom is 0.394 e. The third-order valence-corrected chi connectivity index (χ3v) is 2.20. The summed E-state index contributed by atoms with van der Waals surface area (Å²) < 4.78 is 18.4. The van der Waals surface area contributed by atoms with Gasteiger partial charge in [0.15, 0.2) is 5.82 Å². The first-order chi connectivity index (χ1) is 6.15. The molecule has 1 aromatic rings. The van der Waals surface area contributed by atoms with Gasteiger partial charge >= 0.3 is 7.62 Å². The number of benzene rings is 1. The molecule has 0 saturated carbocycles. The van der Waals surface area contributed by atoms with Crippen LogP contribution in [-0.2, 0) is 4.65 Å². The van der Waals surface area contributed by atoms with Crippen molar-refractivity contribution in [3.05, 3.63) is 27.4 Å². The minimum Gasteiger partial charge on any atom is -0.422 e. The molecular formula is C7H7BBrClFNO. The molecule has 0 aliphatic carbocycles. The Bertz CT molecular complexity index is 313. The number of rotatable bonds is 3. The van der Waals surface area contributed by atoms with Crippen molar-refractivity contribution in [2.75, 3.05) is 12.3 Å². The van der Waals surface area contributed by atoms with Crippen LogP contribution in [0.5, 0.6) is 0 Å². The van der Waals surface area contributed by atoms with Crippen molar-refractivity contribution in [1.82, 2.24) is 0 Å². The Balaban J connectivity index is 2.92. The lowest BCUT2D eigenvalue weighted by molar-refractivity contribution is 0.446. The highest BCUT2D eigenvalue weighted by Gasteiger charge is 2.07. The second-order valence-corrected chi connectivity index (χ2v) is 3.65. The van der Waals surface area contributed by atoms with Crippen LogP contribution in [0.25, 0.3) is 0 Å². The second kappa shape index (κ2) is 4.84. The highest BCUT2D eigenvalue weighted by molar-refractivity contribution is 9.10. The van der Waals surface area contributed by atoms with Crippen LogP contribution in [0, 0.1) is 5.82 Å². The maximum atomic E-state index is 13.3. The van der Waals surface area contributed by atoms with Crippen molar-refractivity contribution in [1.29, 1.82) is 0 Å². The topological polar surface area (TPSA) is 21.3 Å². The smallest absolute Gasteiger partial charge is 0.394 e. The third kappa shape index (κ3) is 2.86. The summed E-state index contributed by atoms with van der Waals surface area (Å²) in [5, 5.41) is 3.20. The normalized spacial score (nSPS) is 9.85. The molecule has 0 aliphatic rings. The molecule has 0 saturated heterocycles. The Morgan fingerprint density at radius 1 is 1.62 bits per heavy atom. The minimum absolute atomic E-state index is 0.240. The van der Waals surface area contributed by atoms with E-state index in [0.717, 1.165) is 0 Å². The van der Waals surface area contributed by atoms with Gasteiger partial charge < -0.3 is 9.88 Å². The summed E-state index contributed by atoms with van der Waals surface area (Å²) in [6, 6.07) is 3.00. The fourth-order valence-corrected chi connectivity index (χ4v) is 1.64. The molecule has 1 N–H and O–H groups in total. The summed E-state index contributed by atoms with van der Waals surface area (Å²) in [4.78, 5) is 0. The molecule has 1 aromatic carbocycles. The molecular weight excluding hydrogens is 259 g/mol. The van der Waals surface area contributed by atoms with Gasteiger partial charge in [0.25, 0.3) is 0 Å². The van der Waals surface area contributed by atoms with Gasteiger partial charge in [0.1, 0.15) is 0 Å². The van der Waals surface area contributed by atoms with E-state index in [-0.39, 0.29) is 13.4 Å². The van der Waals surface area contributed by atoms with Crippen LogP contribution in [0.15, 0.2) is 16.6 Å². The predicted molar refractivity (Wildman–Crippen MR) is 56.9 cm³/mol. The molecule has 13 heavy (non-hydrogen) atoms. The molecule has 6 heteroatoms. The van der Waals surface area contributed by atoms with E-state index in [0.29, 0.717) is 15.2 Å². The zero-order valence-corrected chi connectivity index (χ0v) is 9.25. The van der Waals surface area contributed by atoms with Crippen LogP contribution in [0.4, 0.5) is 10.1 Å². The number of hydrogen-bond acceptors (Lipinski definition) is 2. The predicted octanol–water partition coefficient (Wildman–Crippen LogP) is 2.57. The monoisotopic (exact) mass is 265 g/mol. The van der Waals surface area contributed by atoms with Crippen LogP contribution in [0.3, 0.4) is 0 Å². The summed E-state index contributed by atoms with van der Waals surface area (Å²) >= 11 is 8.77. The summed E-state index contributed by atoms with van der Waals surface area (Å²) in [6.07, 6.45) is 0. The molecule has 0 amide bonds. The molecule has 0 bridgehead atoms. The van der Waals surface area contributed by atoms with E-state index in [1.165, 1.54) is 19.2 Å². The quantitative estimate of drug-likeness (QED) is 0.670. The first-order valence-corrected chi connectivity index (χ1v) is 4.69. The Labute approximate surface area is 89.8 Å². The Kier molecular flexibility index (Phi) is 4.03. The fraction of sp³-hybridized carbons (Fsp3) is 0.143. The van der Waals surface area contributed by atoms with Crippen LogP contribution < -0.4 is 5.23 Å². The summed E-state index contributed by atoms with van der Waals surface area (Å²) in [6.45, 7) is 0. The van der Waals surface area contributed by atoms with Crippen molar-refractivity contribution in [2.45, 2.75) is 0 Å². The molecule has 0 aliphatic heterocycles. The van der Waals surface area contributed by atoms with Gasteiger partial charge in [0, 0.05) is 12.1 Å². The van der Waals surface area contributed by atoms with E-state index in [1.54, 1.807) is 0 Å². The molecule has 0 radical (unpaired) electrons. The number of nitrogens with one attached hydrogen (secondary N) is 1. The zero-order valence-electron chi connectivity index (χ0n) is 6.90. The van der Waals surface area contributed by atoms with E-state index in [2.05, 4.69) is 21.2 Å². The third-order valence-electron chi connectivity index (χ3n) is 1.40. The number of halogens is 3. The molecule has 2 nitrogen and oxygen atoms in total. The molecule has 0 aromatic heterocycles. The van der Waals surface area contributed by atoms with Crippen molar-refractivity contribution in [3.8, 4) is 0 Å². The van der Waals surface area contributed by atoms with Crippen molar-refractivity contribution >= 4 is 40.8 Å². The highest BCUT2D eigenvalue weighted by atomic mass is 79.9. The Morgan fingerprint density at radius 3 is 2.92 bits per heavy atom. The van der Waals surface area contributed by atoms with Crippen LogP contribution in [0.1, 0.15) is 0 Å². The Hall–Kier alpha value is -0.255. The largest absolute Gasteiger partial charge is 0.422 e. The lowest BCUT2D eigenvalue weighted by atomic mass is 10.2. The minimum atomic E-state index is -0.374. The van der Waals surface area contributed by atoms with Gasteiger partial charge in [-0.1, -0.05) is 11.6 Å². The first-order valence-electron chi connectivity index (χ1n) is 3.52. The number of anilines is 1. The van der Waals surface area contributed by atoms with Gasteiger partial charge in [-0.3, -0.25) is 0 Å². The van der Waals surface area contributed by atoms with E-state index < -0.39 is 0 Å². The second-order valence-electron chi connectivity index (χ2n) is 2.36. The van der Waals surface area contributed by atoms with Gasteiger partial charge in [-0.15, -0.1) is 0 Å². The molecule has 0 fully saturated rings. The Morgan fingerprint density at radius 2 is 2.31 bits per heavy atom. The van der Waals surface area contributed by atoms with Gasteiger partial charge in [-0.25, -0.2) is 4.39 Å². The van der Waals surface area contributed by atoms with Crippen molar-refractivity contribution in [3.63, 3.8) is 0 Å². The highest BCUT2D eigenvalue weighted by Crippen LogP contribution is 2.27. The molecule has 0 heterocycles. The van der Waals surface area contributed by atoms with Crippen molar-refractivity contribution in [2.24, 2.45) is 0 Å². The van der Waals surface area contributed by atoms with Gasteiger partial charge in [-0.2, -0.15) is 0 Å². The standard InChI is InChI=1S/C7H7BBrClFNO/c1-13-8-12-6-3-4(10)2-5(9)7(6)11/h2-3,8,12H,1H3. The molecule has 0 atom stereocenters. The van der Waals surface area contributed by atoms with E-state index in [9.17, 15) is 4.39 Å². The van der Waals surface area contributed by atoms with E-state index in [1.807, 2.05) is 0 Å². The van der Waals surface area contributed by atoms with Gasteiger partial charge in [-0.05, 0) is 28.1 Å². The van der Waals surface area contributed by atoms with Crippen LogP contribution in [-0.4, -0.2) is 14.7 Å². The van der Waals surface area contributed by atoms with E-state index >= 15 is 0 Å². The SMILES string of the molecule is COBNc1cc(Cl)cc(Br)c1F. The van der Waals surface area contributed by atoms with Crippen LogP contribution in [0.2, 0.25) is 5.02 Å². The molecule has 0 spiro atoms. The molecule has 0 unspecified atom stereocenters. The average molecular weight is 266 g/mol. The summed E-state index contributed by atoms with van der Waals surface area (Å²) in [7, 11) is 1.76. The summed E-state index contributed by atoms with van der Waals surface area (Å²) in [5.41, 5.74) is 0.321. The average Bonchev–Trinajstić information content (AvgIpc) is 2.09. The van der Waals surface area contributed by atoms with Gasteiger partial charge in [0.2, 0.25) is 0 Å². The first kappa shape index (κ1) is 10.8. The fourth-order valence-electron chi connectivity index (χ4n) is 0.835. The molecule has 1 rings (SSSR count). The van der Waals surface area contributed by atoms with Crippen molar-refractivity contribution < 1.29 is 9.04 Å². The zero-order chi connectivity index (χ0) is 9.84. The van der Waals surface area contributed by atoms with E-state index in [4.69, 9.17) is 16.3 Å². The maximum absolute atomic E-state index is 13.3. The lowest BCUT2D eigenvalue weighted by Crippen LogP contribution is -2.09. The number of hydrogen-bond donors (Lipinski definition) is 1.